The monoisotopic (exact) mass is 395 g/mol. The van der Waals surface area contributed by atoms with Crippen LogP contribution in [0.4, 0.5) is 16.2 Å². The number of benzene rings is 1. The first-order chi connectivity index (χ1) is 13.6. The van der Waals surface area contributed by atoms with Crippen LogP contribution in [0.5, 0.6) is 0 Å². The largest absolute Gasteiger partial charge is 0.374 e. The summed E-state index contributed by atoms with van der Waals surface area (Å²) in [6, 6.07) is 12.1. The number of rotatable bonds is 6. The minimum atomic E-state index is -0.780. The molecule has 0 aliphatic rings. The Bertz CT molecular complexity index is 1080. The van der Waals surface area contributed by atoms with Crippen molar-refractivity contribution in [3.63, 3.8) is 0 Å². The molecule has 4 aromatic rings. The maximum Gasteiger partial charge on any atom is 0.228 e. The van der Waals surface area contributed by atoms with E-state index in [4.69, 9.17) is 0 Å². The molecule has 0 saturated carbocycles. The molecule has 1 aromatic carbocycles. The van der Waals surface area contributed by atoms with Gasteiger partial charge in [-0.05, 0) is 36.8 Å². The molecule has 3 N–H and O–H groups in total. The lowest BCUT2D eigenvalue weighted by Crippen LogP contribution is -2.16. The maximum atomic E-state index is 13.3. The Morgan fingerprint density at radius 3 is 2.68 bits per heavy atom. The standard InChI is InChI=1S/C20H18FN5OS/c1-12(27)24-20-25-18(23-10-15-4-2-3-9-22-15)17-16(11-28-19(17)26-20)13-5-7-14(21)8-6-13/h2-9,11-12,27H,10H2,1H3,(H2,23,24,25,26). The minimum absolute atomic E-state index is 0.281. The molecule has 0 fully saturated rings. The van der Waals surface area contributed by atoms with E-state index < -0.39 is 6.23 Å². The number of hydrogen-bond acceptors (Lipinski definition) is 7. The highest BCUT2D eigenvalue weighted by molar-refractivity contribution is 7.17. The predicted octanol–water partition coefficient (Wildman–Crippen LogP) is 4.25. The lowest BCUT2D eigenvalue weighted by atomic mass is 10.1. The number of aromatic nitrogens is 3. The van der Waals surface area contributed by atoms with Gasteiger partial charge in [0.25, 0.3) is 0 Å². The summed E-state index contributed by atoms with van der Waals surface area (Å²) in [7, 11) is 0. The highest BCUT2D eigenvalue weighted by Gasteiger charge is 2.16. The van der Waals surface area contributed by atoms with E-state index in [1.54, 1.807) is 25.3 Å². The van der Waals surface area contributed by atoms with Gasteiger partial charge in [-0.2, -0.15) is 4.98 Å². The highest BCUT2D eigenvalue weighted by Crippen LogP contribution is 2.37. The molecule has 28 heavy (non-hydrogen) atoms. The fourth-order valence-corrected chi connectivity index (χ4v) is 3.79. The molecule has 0 spiro atoms. The summed E-state index contributed by atoms with van der Waals surface area (Å²) in [5, 5.41) is 18.6. The molecule has 3 heterocycles. The number of anilines is 2. The molecular formula is C20H18FN5OS. The Kier molecular flexibility index (Phi) is 5.14. The molecule has 0 radical (unpaired) electrons. The molecule has 6 nitrogen and oxygen atoms in total. The number of halogens is 1. The highest BCUT2D eigenvalue weighted by atomic mass is 32.1. The van der Waals surface area contributed by atoms with E-state index in [1.165, 1.54) is 23.5 Å². The molecular weight excluding hydrogens is 377 g/mol. The van der Waals surface area contributed by atoms with Gasteiger partial charge in [0.15, 0.2) is 0 Å². The molecule has 142 valence electrons. The quantitative estimate of drug-likeness (QED) is 0.423. The Morgan fingerprint density at radius 2 is 1.96 bits per heavy atom. The van der Waals surface area contributed by atoms with Gasteiger partial charge < -0.3 is 15.7 Å². The summed E-state index contributed by atoms with van der Waals surface area (Å²) in [4.78, 5) is 14.1. The number of fused-ring (bicyclic) bond motifs is 1. The average Bonchev–Trinajstić information content (AvgIpc) is 3.11. The van der Waals surface area contributed by atoms with Gasteiger partial charge in [-0.1, -0.05) is 18.2 Å². The van der Waals surface area contributed by atoms with Crippen molar-refractivity contribution in [2.24, 2.45) is 0 Å². The first-order valence-electron chi connectivity index (χ1n) is 8.74. The van der Waals surface area contributed by atoms with Crippen LogP contribution in [-0.2, 0) is 6.54 Å². The molecule has 0 aliphatic carbocycles. The van der Waals surface area contributed by atoms with E-state index in [0.717, 1.165) is 27.0 Å². The summed E-state index contributed by atoms with van der Waals surface area (Å²) in [5.41, 5.74) is 2.68. The van der Waals surface area contributed by atoms with Crippen LogP contribution in [0.1, 0.15) is 12.6 Å². The number of hydrogen-bond donors (Lipinski definition) is 3. The lowest BCUT2D eigenvalue weighted by molar-refractivity contribution is 0.223. The third-order valence-corrected chi connectivity index (χ3v) is 4.96. The summed E-state index contributed by atoms with van der Waals surface area (Å²) < 4.78 is 13.3. The summed E-state index contributed by atoms with van der Waals surface area (Å²) in [6.45, 7) is 2.09. The van der Waals surface area contributed by atoms with Crippen LogP contribution in [0.15, 0.2) is 54.0 Å². The predicted molar refractivity (Wildman–Crippen MR) is 110 cm³/mol. The minimum Gasteiger partial charge on any atom is -0.374 e. The van der Waals surface area contributed by atoms with E-state index in [9.17, 15) is 9.50 Å². The Hall–Kier alpha value is -3.10. The zero-order chi connectivity index (χ0) is 19.5. The van der Waals surface area contributed by atoms with E-state index >= 15 is 0 Å². The molecule has 3 aromatic heterocycles. The molecule has 4 rings (SSSR count). The first kappa shape index (κ1) is 18.3. The number of nitrogens with one attached hydrogen (secondary N) is 2. The van der Waals surface area contributed by atoms with Crippen LogP contribution < -0.4 is 10.6 Å². The van der Waals surface area contributed by atoms with Crippen LogP contribution in [0, 0.1) is 5.82 Å². The molecule has 0 amide bonds. The fourth-order valence-electron chi connectivity index (χ4n) is 2.84. The summed E-state index contributed by atoms with van der Waals surface area (Å²) >= 11 is 1.47. The normalized spacial score (nSPS) is 12.1. The van der Waals surface area contributed by atoms with Gasteiger partial charge >= 0.3 is 0 Å². The number of nitrogens with zero attached hydrogens (tertiary/aromatic N) is 3. The van der Waals surface area contributed by atoms with Gasteiger partial charge in [0.1, 0.15) is 22.7 Å². The van der Waals surface area contributed by atoms with Gasteiger partial charge in [0.2, 0.25) is 5.95 Å². The third kappa shape index (κ3) is 3.92. The Labute approximate surface area is 165 Å². The Morgan fingerprint density at radius 1 is 1.14 bits per heavy atom. The van der Waals surface area contributed by atoms with Crippen molar-refractivity contribution >= 4 is 33.3 Å². The van der Waals surface area contributed by atoms with Crippen molar-refractivity contribution in [1.82, 2.24) is 15.0 Å². The number of pyridine rings is 1. The number of aliphatic hydroxyl groups is 1. The van der Waals surface area contributed by atoms with Gasteiger partial charge in [-0.3, -0.25) is 4.98 Å². The van der Waals surface area contributed by atoms with Gasteiger partial charge in [-0.25, -0.2) is 9.37 Å². The van der Waals surface area contributed by atoms with E-state index in [1.807, 2.05) is 23.6 Å². The van der Waals surface area contributed by atoms with Crippen molar-refractivity contribution in [2.75, 3.05) is 10.6 Å². The smallest absolute Gasteiger partial charge is 0.228 e. The summed E-state index contributed by atoms with van der Waals surface area (Å²) in [5.74, 6) is 0.675. The fraction of sp³-hybridized carbons (Fsp3) is 0.150. The Balaban J connectivity index is 1.78. The average molecular weight is 395 g/mol. The van der Waals surface area contributed by atoms with Gasteiger partial charge in [0.05, 0.1) is 17.6 Å². The summed E-state index contributed by atoms with van der Waals surface area (Å²) in [6.07, 6.45) is 0.958. The zero-order valence-electron chi connectivity index (χ0n) is 15.1. The van der Waals surface area contributed by atoms with Crippen LogP contribution in [0.25, 0.3) is 21.3 Å². The zero-order valence-corrected chi connectivity index (χ0v) is 15.9. The van der Waals surface area contributed by atoms with Crippen LogP contribution in [0.2, 0.25) is 0 Å². The van der Waals surface area contributed by atoms with Crippen LogP contribution in [0.3, 0.4) is 0 Å². The first-order valence-corrected chi connectivity index (χ1v) is 9.61. The molecule has 8 heteroatoms. The van der Waals surface area contributed by atoms with Gasteiger partial charge in [-0.15, -0.1) is 11.3 Å². The van der Waals surface area contributed by atoms with Crippen molar-refractivity contribution in [1.29, 1.82) is 0 Å². The molecule has 1 atom stereocenters. The second kappa shape index (κ2) is 7.87. The van der Waals surface area contributed by atoms with Crippen LogP contribution in [-0.4, -0.2) is 26.3 Å². The molecule has 0 saturated heterocycles. The second-order valence-electron chi connectivity index (χ2n) is 6.23. The molecule has 0 bridgehead atoms. The van der Waals surface area contributed by atoms with Crippen molar-refractivity contribution in [3.8, 4) is 11.1 Å². The SMILES string of the molecule is CC(O)Nc1nc(NCc2ccccn2)c2c(-c3ccc(F)cc3)csc2n1. The van der Waals surface area contributed by atoms with E-state index in [2.05, 4.69) is 25.6 Å². The topological polar surface area (TPSA) is 83.0 Å². The van der Waals surface area contributed by atoms with Crippen molar-refractivity contribution in [3.05, 3.63) is 65.6 Å². The number of aliphatic hydroxyl groups excluding tert-OH is 1. The molecule has 1 unspecified atom stereocenters. The van der Waals surface area contributed by atoms with Crippen molar-refractivity contribution < 1.29 is 9.50 Å². The van der Waals surface area contributed by atoms with Crippen LogP contribution >= 0.6 is 11.3 Å². The molecule has 0 aliphatic heterocycles. The third-order valence-electron chi connectivity index (χ3n) is 4.09. The lowest BCUT2D eigenvalue weighted by Gasteiger charge is -2.12. The number of thiophene rings is 1. The van der Waals surface area contributed by atoms with E-state index in [0.29, 0.717) is 18.3 Å². The van der Waals surface area contributed by atoms with Crippen molar-refractivity contribution in [2.45, 2.75) is 19.7 Å². The maximum absolute atomic E-state index is 13.3. The van der Waals surface area contributed by atoms with Gasteiger partial charge in [0, 0.05) is 17.1 Å². The second-order valence-corrected chi connectivity index (χ2v) is 7.09. The van der Waals surface area contributed by atoms with E-state index in [-0.39, 0.29) is 5.82 Å².